The summed E-state index contributed by atoms with van der Waals surface area (Å²) in [6, 6.07) is 55.8. The summed E-state index contributed by atoms with van der Waals surface area (Å²) in [7, 11) is 0. The third-order valence-corrected chi connectivity index (χ3v) is 10.8. The first-order valence-corrected chi connectivity index (χ1v) is 16.4. The van der Waals surface area contributed by atoms with Gasteiger partial charge in [-0.1, -0.05) is 129 Å². The van der Waals surface area contributed by atoms with E-state index in [1.807, 2.05) is 11.3 Å². The highest BCUT2D eigenvalue weighted by atomic mass is 32.1. The van der Waals surface area contributed by atoms with Crippen LogP contribution in [-0.4, -0.2) is 0 Å². The lowest BCUT2D eigenvalue weighted by atomic mass is 9.80. The summed E-state index contributed by atoms with van der Waals surface area (Å²) in [6.07, 6.45) is 0. The Labute approximate surface area is 267 Å². The van der Waals surface area contributed by atoms with Crippen molar-refractivity contribution in [2.75, 3.05) is 4.90 Å². The highest BCUT2D eigenvalue weighted by Crippen LogP contribution is 2.57. The zero-order chi connectivity index (χ0) is 30.1. The number of hydrogen-bond donors (Lipinski definition) is 0. The zero-order valence-electron chi connectivity index (χ0n) is 25.3. The predicted molar refractivity (Wildman–Crippen MR) is 195 cm³/mol. The van der Waals surface area contributed by atoms with E-state index in [1.165, 1.54) is 75.7 Å². The van der Waals surface area contributed by atoms with Crippen LogP contribution in [0.1, 0.15) is 25.0 Å². The molecule has 8 aromatic rings. The van der Waals surface area contributed by atoms with E-state index in [-0.39, 0.29) is 5.41 Å². The van der Waals surface area contributed by atoms with Gasteiger partial charge >= 0.3 is 0 Å². The van der Waals surface area contributed by atoms with Crippen molar-refractivity contribution >= 4 is 59.3 Å². The molecule has 0 aliphatic heterocycles. The standard InChI is InChI=1S/C43H31NS/c1-43(2)37-18-10-8-17-36(37)41-38(26-30-14-6-7-15-33(30)42(41)43)44(31-22-20-29(21-23-31)28-12-4-3-5-13-28)32-24-25-35-34-16-9-11-19-39(34)45-40(35)27-32/h3-27H,1-2H3. The molecular formula is C43H31NS. The minimum atomic E-state index is -0.125. The molecular weight excluding hydrogens is 563 g/mol. The maximum Gasteiger partial charge on any atom is 0.0549 e. The average Bonchev–Trinajstić information content (AvgIpc) is 3.58. The minimum absolute atomic E-state index is 0.125. The number of nitrogens with zero attached hydrogens (tertiary/aromatic N) is 1. The van der Waals surface area contributed by atoms with E-state index in [0.29, 0.717) is 0 Å². The fourth-order valence-electron chi connectivity index (χ4n) is 7.53. The van der Waals surface area contributed by atoms with Gasteiger partial charge in [-0.2, -0.15) is 0 Å². The Kier molecular flexibility index (Phi) is 5.78. The molecule has 0 saturated heterocycles. The lowest BCUT2D eigenvalue weighted by Gasteiger charge is -2.30. The molecule has 1 aliphatic carbocycles. The van der Waals surface area contributed by atoms with Gasteiger partial charge in [0.1, 0.15) is 0 Å². The van der Waals surface area contributed by atoms with E-state index in [1.54, 1.807) is 0 Å². The lowest BCUT2D eigenvalue weighted by Crippen LogP contribution is -2.16. The van der Waals surface area contributed by atoms with Gasteiger partial charge in [0.25, 0.3) is 0 Å². The Bertz CT molecular complexity index is 2400. The van der Waals surface area contributed by atoms with Gasteiger partial charge in [0.05, 0.1) is 5.69 Å². The number of thiophene rings is 1. The first-order chi connectivity index (χ1) is 22.1. The van der Waals surface area contributed by atoms with Crippen LogP contribution in [0.25, 0.3) is 53.2 Å². The van der Waals surface area contributed by atoms with Crippen LogP contribution < -0.4 is 4.90 Å². The highest BCUT2D eigenvalue weighted by Gasteiger charge is 2.39. The lowest BCUT2D eigenvalue weighted by molar-refractivity contribution is 0.666. The molecule has 1 aliphatic rings. The molecule has 0 unspecified atom stereocenters. The number of rotatable bonds is 4. The van der Waals surface area contributed by atoms with Crippen LogP contribution in [0.2, 0.25) is 0 Å². The summed E-state index contributed by atoms with van der Waals surface area (Å²) in [4.78, 5) is 2.49. The van der Waals surface area contributed by atoms with Gasteiger partial charge in [0.15, 0.2) is 0 Å². The summed E-state index contributed by atoms with van der Waals surface area (Å²) in [5.74, 6) is 0. The Balaban J connectivity index is 1.34. The number of benzene rings is 7. The van der Waals surface area contributed by atoms with Crippen LogP contribution in [0.15, 0.2) is 152 Å². The summed E-state index contributed by atoms with van der Waals surface area (Å²) in [5, 5.41) is 5.23. The monoisotopic (exact) mass is 593 g/mol. The summed E-state index contributed by atoms with van der Waals surface area (Å²) in [6.45, 7) is 4.77. The topological polar surface area (TPSA) is 3.24 Å². The third-order valence-electron chi connectivity index (χ3n) is 9.62. The molecule has 214 valence electrons. The molecule has 0 fully saturated rings. The summed E-state index contributed by atoms with van der Waals surface area (Å²) in [5.41, 5.74) is 11.3. The summed E-state index contributed by atoms with van der Waals surface area (Å²) >= 11 is 1.87. The summed E-state index contributed by atoms with van der Waals surface area (Å²) < 4.78 is 2.63. The Morgan fingerprint density at radius 2 is 1.16 bits per heavy atom. The fourth-order valence-corrected chi connectivity index (χ4v) is 8.67. The minimum Gasteiger partial charge on any atom is -0.310 e. The molecule has 1 heterocycles. The van der Waals surface area contributed by atoms with Crippen LogP contribution in [0.3, 0.4) is 0 Å². The maximum absolute atomic E-state index is 2.49. The predicted octanol–water partition coefficient (Wildman–Crippen LogP) is 12.7. The first kappa shape index (κ1) is 26.2. The van der Waals surface area contributed by atoms with Crippen molar-refractivity contribution in [3.63, 3.8) is 0 Å². The second-order valence-electron chi connectivity index (χ2n) is 12.6. The van der Waals surface area contributed by atoms with Crippen LogP contribution in [0.5, 0.6) is 0 Å². The van der Waals surface area contributed by atoms with Gasteiger partial charge in [0.2, 0.25) is 0 Å². The van der Waals surface area contributed by atoms with Crippen molar-refractivity contribution in [3.05, 3.63) is 163 Å². The van der Waals surface area contributed by atoms with Crippen molar-refractivity contribution < 1.29 is 0 Å². The van der Waals surface area contributed by atoms with Crippen LogP contribution in [-0.2, 0) is 5.41 Å². The number of hydrogen-bond acceptors (Lipinski definition) is 2. The molecule has 45 heavy (non-hydrogen) atoms. The average molecular weight is 594 g/mol. The van der Waals surface area contributed by atoms with E-state index in [2.05, 4.69) is 170 Å². The molecule has 0 atom stereocenters. The van der Waals surface area contributed by atoms with E-state index < -0.39 is 0 Å². The van der Waals surface area contributed by atoms with E-state index in [0.717, 1.165) is 5.69 Å². The number of anilines is 3. The second-order valence-corrected chi connectivity index (χ2v) is 13.6. The van der Waals surface area contributed by atoms with Gasteiger partial charge in [-0.05, 0) is 75.0 Å². The van der Waals surface area contributed by atoms with Crippen LogP contribution >= 0.6 is 11.3 Å². The molecule has 0 N–H and O–H groups in total. The molecule has 2 heteroatoms. The van der Waals surface area contributed by atoms with Gasteiger partial charge < -0.3 is 4.90 Å². The van der Waals surface area contributed by atoms with Crippen molar-refractivity contribution in [3.8, 4) is 22.3 Å². The molecule has 0 bridgehead atoms. The molecule has 7 aromatic carbocycles. The maximum atomic E-state index is 2.49. The fraction of sp³-hybridized carbons (Fsp3) is 0.0698. The van der Waals surface area contributed by atoms with Gasteiger partial charge in [-0.3, -0.25) is 0 Å². The van der Waals surface area contributed by atoms with Gasteiger partial charge in [-0.15, -0.1) is 11.3 Å². The Hall–Kier alpha value is -5.18. The molecule has 1 aromatic heterocycles. The number of fused-ring (bicyclic) bond motifs is 8. The van der Waals surface area contributed by atoms with Gasteiger partial charge in [0, 0.05) is 42.5 Å². The first-order valence-electron chi connectivity index (χ1n) is 15.6. The van der Waals surface area contributed by atoms with Crippen molar-refractivity contribution in [1.82, 2.24) is 0 Å². The third kappa shape index (κ3) is 3.99. The van der Waals surface area contributed by atoms with Crippen molar-refractivity contribution in [1.29, 1.82) is 0 Å². The molecule has 0 radical (unpaired) electrons. The molecule has 0 saturated carbocycles. The zero-order valence-corrected chi connectivity index (χ0v) is 26.1. The Morgan fingerprint density at radius 1 is 0.511 bits per heavy atom. The SMILES string of the molecule is CC1(C)c2ccccc2-c2c(N(c3ccc(-c4ccccc4)cc3)c3ccc4c(c3)sc3ccccc34)cc3ccccc3c21. The van der Waals surface area contributed by atoms with Crippen LogP contribution in [0.4, 0.5) is 17.1 Å². The van der Waals surface area contributed by atoms with Crippen LogP contribution in [0, 0.1) is 0 Å². The molecule has 1 nitrogen and oxygen atoms in total. The highest BCUT2D eigenvalue weighted by molar-refractivity contribution is 7.25. The van der Waals surface area contributed by atoms with E-state index >= 15 is 0 Å². The van der Waals surface area contributed by atoms with E-state index in [4.69, 9.17) is 0 Å². The smallest absolute Gasteiger partial charge is 0.0549 e. The van der Waals surface area contributed by atoms with Crippen molar-refractivity contribution in [2.45, 2.75) is 19.3 Å². The van der Waals surface area contributed by atoms with E-state index in [9.17, 15) is 0 Å². The largest absolute Gasteiger partial charge is 0.310 e. The van der Waals surface area contributed by atoms with Crippen molar-refractivity contribution in [2.24, 2.45) is 0 Å². The normalized spacial score (nSPS) is 13.3. The molecule has 0 amide bonds. The Morgan fingerprint density at radius 3 is 2.00 bits per heavy atom. The van der Waals surface area contributed by atoms with Gasteiger partial charge in [-0.25, -0.2) is 0 Å². The second kappa shape index (κ2) is 9.92. The molecule has 0 spiro atoms. The molecule has 9 rings (SSSR count). The quantitative estimate of drug-likeness (QED) is 0.196.